The van der Waals surface area contributed by atoms with Gasteiger partial charge in [-0.05, 0) is 62.3 Å². The third-order valence-electron chi connectivity index (χ3n) is 7.13. The van der Waals surface area contributed by atoms with Gasteiger partial charge in [0.05, 0.1) is 30.1 Å². The minimum absolute atomic E-state index is 0.0546. The molecule has 3 aromatic rings. The number of ketones is 2. The van der Waals surface area contributed by atoms with Crippen LogP contribution in [0.15, 0.2) is 42.6 Å². The summed E-state index contributed by atoms with van der Waals surface area (Å²) in [6.07, 6.45) is 6.09. The fraction of sp³-hybridized carbons (Fsp3) is 0.467. The molecule has 2 fully saturated rings. The van der Waals surface area contributed by atoms with Crippen molar-refractivity contribution in [3.63, 3.8) is 0 Å². The second kappa shape index (κ2) is 11.6. The Balaban J connectivity index is 1.12. The maximum atomic E-state index is 12.9. The summed E-state index contributed by atoms with van der Waals surface area (Å²) in [6, 6.07) is 12.2. The quantitative estimate of drug-likeness (QED) is 0.272. The molecule has 38 heavy (non-hydrogen) atoms. The number of benzene rings is 1. The second-order valence-electron chi connectivity index (χ2n) is 10.6. The van der Waals surface area contributed by atoms with Gasteiger partial charge in [0.1, 0.15) is 22.6 Å². The van der Waals surface area contributed by atoms with Crippen molar-refractivity contribution in [2.24, 2.45) is 5.92 Å². The first-order valence-corrected chi connectivity index (χ1v) is 14.2. The number of aromatic nitrogens is 2. The van der Waals surface area contributed by atoms with E-state index in [1.165, 1.54) is 24.2 Å². The second-order valence-corrected chi connectivity index (χ2v) is 11.7. The number of pyridine rings is 1. The molecular formula is C30H35N3O4S. The number of hydrogen-bond acceptors (Lipinski definition) is 8. The lowest BCUT2D eigenvalue weighted by Gasteiger charge is -2.20. The summed E-state index contributed by atoms with van der Waals surface area (Å²) in [5.41, 5.74) is 2.93. The van der Waals surface area contributed by atoms with E-state index in [-0.39, 0.29) is 30.0 Å². The molecule has 1 aliphatic heterocycles. The van der Waals surface area contributed by atoms with E-state index in [4.69, 9.17) is 9.47 Å². The van der Waals surface area contributed by atoms with E-state index < -0.39 is 0 Å². The lowest BCUT2D eigenvalue weighted by molar-refractivity contribution is -0.116. The zero-order valence-electron chi connectivity index (χ0n) is 22.3. The number of ether oxygens (including phenoxy) is 2. The molecule has 0 unspecified atom stereocenters. The van der Waals surface area contributed by atoms with E-state index in [9.17, 15) is 9.59 Å². The average molecular weight is 534 g/mol. The first-order chi connectivity index (χ1) is 18.3. The molecule has 0 amide bonds. The van der Waals surface area contributed by atoms with Crippen molar-refractivity contribution in [1.29, 1.82) is 0 Å². The Kier molecular flexibility index (Phi) is 8.07. The first-order valence-electron chi connectivity index (χ1n) is 13.4. The van der Waals surface area contributed by atoms with Crippen LogP contribution in [-0.2, 0) is 11.2 Å². The molecule has 5 rings (SSSR count). The number of rotatable bonds is 12. The standard InChI is InChI=1S/C30H35N3O4S/c1-19(14-27(35)30-21(3)32-29(38-30)15-20(2)34)23-6-8-25(9-7-23)37-26-11-13-33(17-26)24-10-12-31-28(16-24)36-18-22-4-5-22/h6-10,12,16,19,22,26H,4-5,11,13-15,17-18H2,1-3H3/t19-,26-/m1/s1. The smallest absolute Gasteiger partial charge is 0.215 e. The SMILES string of the molecule is CC(=O)Cc1nc(C)c(C(=O)C[C@@H](C)c2ccc(O[C@@H]3CCN(c4ccnc(OCC5CC5)c4)C3)cc2)s1. The Bertz CT molecular complexity index is 1280. The highest BCUT2D eigenvalue weighted by atomic mass is 32.1. The minimum Gasteiger partial charge on any atom is -0.489 e. The highest BCUT2D eigenvalue weighted by molar-refractivity contribution is 7.14. The fourth-order valence-corrected chi connectivity index (χ4v) is 5.86. The molecule has 0 radical (unpaired) electrons. The van der Waals surface area contributed by atoms with Crippen LogP contribution in [0.2, 0.25) is 0 Å². The van der Waals surface area contributed by atoms with Crippen molar-refractivity contribution in [2.45, 2.75) is 64.9 Å². The molecular weight excluding hydrogens is 498 g/mol. The number of carbonyl (C=O) groups excluding carboxylic acids is 2. The number of thiazole rings is 1. The van der Waals surface area contributed by atoms with Gasteiger partial charge < -0.3 is 14.4 Å². The number of aryl methyl sites for hydroxylation is 1. The van der Waals surface area contributed by atoms with Gasteiger partial charge in [-0.2, -0.15) is 0 Å². The monoisotopic (exact) mass is 533 g/mol. The summed E-state index contributed by atoms with van der Waals surface area (Å²) in [5, 5.41) is 0.712. The number of nitrogens with zero attached hydrogens (tertiary/aromatic N) is 3. The van der Waals surface area contributed by atoms with E-state index in [0.717, 1.165) is 43.1 Å². The lowest BCUT2D eigenvalue weighted by atomic mass is 9.95. The maximum absolute atomic E-state index is 12.9. The van der Waals surface area contributed by atoms with Crippen molar-refractivity contribution in [3.05, 3.63) is 63.7 Å². The molecule has 2 aromatic heterocycles. The van der Waals surface area contributed by atoms with Gasteiger partial charge in [-0.25, -0.2) is 9.97 Å². The zero-order chi connectivity index (χ0) is 26.6. The normalized spacial score (nSPS) is 17.9. The molecule has 200 valence electrons. The summed E-state index contributed by atoms with van der Waals surface area (Å²) < 4.78 is 12.1. The van der Waals surface area contributed by atoms with Gasteiger partial charge in [-0.1, -0.05) is 19.1 Å². The summed E-state index contributed by atoms with van der Waals surface area (Å²) in [7, 11) is 0. The zero-order valence-corrected chi connectivity index (χ0v) is 23.1. The van der Waals surface area contributed by atoms with Crippen LogP contribution < -0.4 is 14.4 Å². The molecule has 2 aliphatic rings. The van der Waals surface area contributed by atoms with Crippen LogP contribution in [0.5, 0.6) is 11.6 Å². The van der Waals surface area contributed by atoms with Crippen LogP contribution in [0.4, 0.5) is 5.69 Å². The molecule has 1 aliphatic carbocycles. The number of Topliss-reactive ketones (excluding diaryl/α,β-unsaturated/α-hetero) is 2. The highest BCUT2D eigenvalue weighted by Gasteiger charge is 2.26. The third-order valence-corrected chi connectivity index (χ3v) is 8.33. The summed E-state index contributed by atoms with van der Waals surface area (Å²) in [5.74, 6) is 2.44. The van der Waals surface area contributed by atoms with Crippen molar-refractivity contribution in [2.75, 3.05) is 24.6 Å². The summed E-state index contributed by atoms with van der Waals surface area (Å²) in [6.45, 7) is 7.95. The fourth-order valence-electron chi connectivity index (χ4n) is 4.78. The van der Waals surface area contributed by atoms with E-state index in [0.29, 0.717) is 33.8 Å². The first kappa shape index (κ1) is 26.4. The predicted molar refractivity (Wildman–Crippen MR) is 149 cm³/mol. The van der Waals surface area contributed by atoms with Crippen molar-refractivity contribution < 1.29 is 19.1 Å². The van der Waals surface area contributed by atoms with Gasteiger partial charge in [0.15, 0.2) is 5.78 Å². The van der Waals surface area contributed by atoms with E-state index in [1.807, 2.05) is 49.5 Å². The van der Waals surface area contributed by atoms with Gasteiger partial charge in [-0.15, -0.1) is 11.3 Å². The van der Waals surface area contributed by atoms with Crippen molar-refractivity contribution >= 4 is 28.6 Å². The van der Waals surface area contributed by atoms with Gasteiger partial charge >= 0.3 is 0 Å². The number of hydrogen-bond donors (Lipinski definition) is 0. The Morgan fingerprint density at radius 2 is 1.95 bits per heavy atom. The molecule has 0 N–H and O–H groups in total. The molecule has 7 nitrogen and oxygen atoms in total. The Morgan fingerprint density at radius 3 is 2.68 bits per heavy atom. The van der Waals surface area contributed by atoms with Crippen molar-refractivity contribution in [3.8, 4) is 11.6 Å². The minimum atomic E-state index is 0.0546. The third kappa shape index (κ3) is 6.78. The molecule has 8 heteroatoms. The van der Waals surface area contributed by atoms with Gasteiger partial charge in [0.25, 0.3) is 0 Å². The van der Waals surface area contributed by atoms with Crippen LogP contribution in [0, 0.1) is 12.8 Å². The Morgan fingerprint density at radius 1 is 1.16 bits per heavy atom. The molecule has 0 spiro atoms. The Hall–Kier alpha value is -3.26. The van der Waals surface area contributed by atoms with Crippen LogP contribution in [0.25, 0.3) is 0 Å². The number of anilines is 1. The topological polar surface area (TPSA) is 81.6 Å². The van der Waals surface area contributed by atoms with Gasteiger partial charge in [0, 0.05) is 37.3 Å². The molecule has 2 atom stereocenters. The van der Waals surface area contributed by atoms with Crippen LogP contribution >= 0.6 is 11.3 Å². The van der Waals surface area contributed by atoms with Crippen molar-refractivity contribution in [1.82, 2.24) is 9.97 Å². The molecule has 1 saturated carbocycles. The van der Waals surface area contributed by atoms with E-state index >= 15 is 0 Å². The summed E-state index contributed by atoms with van der Waals surface area (Å²) >= 11 is 1.34. The van der Waals surface area contributed by atoms with Gasteiger partial charge in [-0.3, -0.25) is 9.59 Å². The Labute approximate surface area is 228 Å². The molecule has 0 bridgehead atoms. The maximum Gasteiger partial charge on any atom is 0.215 e. The lowest BCUT2D eigenvalue weighted by Crippen LogP contribution is -2.24. The van der Waals surface area contributed by atoms with Crippen LogP contribution in [-0.4, -0.2) is 47.3 Å². The summed E-state index contributed by atoms with van der Waals surface area (Å²) in [4.78, 5) is 36.1. The number of carbonyl (C=O) groups is 2. The predicted octanol–water partition coefficient (Wildman–Crippen LogP) is 5.80. The molecule has 1 saturated heterocycles. The molecule has 3 heterocycles. The molecule has 1 aromatic carbocycles. The van der Waals surface area contributed by atoms with E-state index in [2.05, 4.69) is 21.8 Å². The largest absolute Gasteiger partial charge is 0.489 e. The highest BCUT2D eigenvalue weighted by Crippen LogP contribution is 2.31. The average Bonchev–Trinajstić information content (AvgIpc) is 3.49. The van der Waals surface area contributed by atoms with Crippen LogP contribution in [0.1, 0.15) is 71.4 Å². The van der Waals surface area contributed by atoms with Gasteiger partial charge in [0.2, 0.25) is 5.88 Å². The van der Waals surface area contributed by atoms with E-state index in [1.54, 1.807) is 6.92 Å². The van der Waals surface area contributed by atoms with Crippen LogP contribution in [0.3, 0.4) is 0 Å².